The third-order valence-electron chi connectivity index (χ3n) is 4.16. The average Bonchev–Trinajstić information content (AvgIpc) is 2.69. The first-order valence-electron chi connectivity index (χ1n) is 7.07. The molecule has 0 bridgehead atoms. The lowest BCUT2D eigenvalue weighted by atomic mass is 9.76. The Labute approximate surface area is 106 Å². The van der Waals surface area contributed by atoms with Crippen LogP contribution in [0.4, 0.5) is 0 Å². The van der Waals surface area contributed by atoms with E-state index >= 15 is 0 Å². The first-order chi connectivity index (χ1) is 8.27. The van der Waals surface area contributed by atoms with Crippen molar-refractivity contribution in [1.29, 1.82) is 0 Å². The van der Waals surface area contributed by atoms with Gasteiger partial charge in [0.25, 0.3) is 0 Å². The summed E-state index contributed by atoms with van der Waals surface area (Å²) >= 11 is 0. The lowest BCUT2D eigenvalue weighted by molar-refractivity contribution is 0.216. The molecule has 1 aromatic carbocycles. The minimum atomic E-state index is 0.612. The number of piperidine rings is 1. The first-order valence-corrected chi connectivity index (χ1v) is 7.07. The van der Waals surface area contributed by atoms with Crippen LogP contribution in [0, 0.1) is 12.3 Å². The lowest BCUT2D eigenvalue weighted by Gasteiger charge is -2.33. The fraction of sp³-hybridized carbons (Fsp3) is 0.625. The molecule has 0 radical (unpaired) electrons. The molecule has 1 nitrogen and oxygen atoms in total. The fourth-order valence-corrected chi connectivity index (χ4v) is 3.27. The summed E-state index contributed by atoms with van der Waals surface area (Å²) in [6.45, 7) is 8.63. The summed E-state index contributed by atoms with van der Waals surface area (Å²) < 4.78 is 0. The number of nitrogens with one attached hydrogen (secondary N) is 1. The molecule has 94 valence electrons. The average molecular weight is 231 g/mol. The van der Waals surface area contributed by atoms with Crippen LogP contribution in [-0.2, 0) is 12.8 Å². The molecule has 1 saturated heterocycles. The van der Waals surface area contributed by atoms with Crippen LogP contribution in [0.25, 0.3) is 0 Å². The number of rotatable bonds is 0. The van der Waals surface area contributed by atoms with E-state index in [4.69, 9.17) is 0 Å². The Morgan fingerprint density at radius 3 is 2.35 bits per heavy atom. The Kier molecular flexibility index (Phi) is 3.88. The minimum absolute atomic E-state index is 0.612. The largest absolute Gasteiger partial charge is 0.317 e. The van der Waals surface area contributed by atoms with Crippen molar-refractivity contribution >= 4 is 0 Å². The molecule has 0 unspecified atom stereocenters. The van der Waals surface area contributed by atoms with Gasteiger partial charge in [-0.25, -0.2) is 0 Å². The Balaban J connectivity index is 0.000000514. The molecule has 1 aliphatic carbocycles. The van der Waals surface area contributed by atoms with Gasteiger partial charge in [-0.2, -0.15) is 0 Å². The van der Waals surface area contributed by atoms with Crippen molar-refractivity contribution in [2.75, 3.05) is 13.1 Å². The molecular weight excluding hydrogens is 206 g/mol. The van der Waals surface area contributed by atoms with E-state index in [1.807, 2.05) is 13.8 Å². The predicted molar refractivity (Wildman–Crippen MR) is 74.5 cm³/mol. The van der Waals surface area contributed by atoms with Crippen LogP contribution >= 0.6 is 0 Å². The maximum atomic E-state index is 3.47. The maximum Gasteiger partial charge on any atom is -0.00434 e. The highest BCUT2D eigenvalue weighted by Crippen LogP contribution is 2.43. The molecule has 1 N–H and O–H groups in total. The monoisotopic (exact) mass is 231 g/mol. The van der Waals surface area contributed by atoms with E-state index in [9.17, 15) is 0 Å². The zero-order valence-electron chi connectivity index (χ0n) is 11.5. The van der Waals surface area contributed by atoms with Crippen molar-refractivity contribution in [3.05, 3.63) is 34.9 Å². The van der Waals surface area contributed by atoms with Crippen molar-refractivity contribution < 1.29 is 0 Å². The van der Waals surface area contributed by atoms with E-state index in [0.29, 0.717) is 5.41 Å². The molecular formula is C16H25N. The van der Waals surface area contributed by atoms with E-state index in [1.54, 1.807) is 11.1 Å². The predicted octanol–water partition coefficient (Wildman–Crippen LogP) is 3.49. The fourth-order valence-electron chi connectivity index (χ4n) is 3.27. The van der Waals surface area contributed by atoms with Crippen LogP contribution in [0.3, 0.4) is 0 Å². The maximum absolute atomic E-state index is 3.47. The van der Waals surface area contributed by atoms with Gasteiger partial charge in [0.1, 0.15) is 0 Å². The zero-order chi connectivity index (χ0) is 12.3. The number of hydrogen-bond acceptors (Lipinski definition) is 1. The van der Waals surface area contributed by atoms with Gasteiger partial charge in [0.05, 0.1) is 0 Å². The van der Waals surface area contributed by atoms with E-state index in [1.165, 1.54) is 44.3 Å². The van der Waals surface area contributed by atoms with Gasteiger partial charge in [-0.1, -0.05) is 37.6 Å². The highest BCUT2D eigenvalue weighted by atomic mass is 14.9. The number of fused-ring (bicyclic) bond motifs is 1. The quantitative estimate of drug-likeness (QED) is 0.720. The van der Waals surface area contributed by atoms with Crippen LogP contribution in [-0.4, -0.2) is 13.1 Å². The smallest absolute Gasteiger partial charge is 0.00434 e. The summed E-state index contributed by atoms with van der Waals surface area (Å²) in [5.41, 5.74) is 5.26. The van der Waals surface area contributed by atoms with Crippen molar-refractivity contribution in [2.24, 2.45) is 5.41 Å². The highest BCUT2D eigenvalue weighted by molar-refractivity contribution is 5.37. The van der Waals surface area contributed by atoms with Gasteiger partial charge in [-0.3, -0.25) is 0 Å². The van der Waals surface area contributed by atoms with E-state index in [2.05, 4.69) is 30.4 Å². The van der Waals surface area contributed by atoms with Crippen LogP contribution in [0.1, 0.15) is 43.4 Å². The molecule has 0 aromatic heterocycles. The highest BCUT2D eigenvalue weighted by Gasteiger charge is 2.37. The van der Waals surface area contributed by atoms with Gasteiger partial charge in [-0.05, 0) is 62.2 Å². The number of benzene rings is 1. The molecule has 0 atom stereocenters. The number of hydrogen-bond donors (Lipinski definition) is 1. The van der Waals surface area contributed by atoms with Gasteiger partial charge in [0, 0.05) is 0 Å². The lowest BCUT2D eigenvalue weighted by Crippen LogP contribution is -2.37. The number of aryl methyl sites for hydroxylation is 1. The first kappa shape index (κ1) is 12.6. The molecule has 1 fully saturated rings. The second-order valence-corrected chi connectivity index (χ2v) is 5.38. The van der Waals surface area contributed by atoms with Crippen LogP contribution in [0.15, 0.2) is 18.2 Å². The summed E-state index contributed by atoms with van der Waals surface area (Å²) in [6, 6.07) is 7.01. The molecule has 1 heteroatoms. The van der Waals surface area contributed by atoms with Gasteiger partial charge < -0.3 is 5.32 Å². The van der Waals surface area contributed by atoms with E-state index < -0.39 is 0 Å². The van der Waals surface area contributed by atoms with Gasteiger partial charge >= 0.3 is 0 Å². The molecule has 1 heterocycles. The standard InChI is InChI=1S/C14H19N.C2H6/c1-11-2-3-12-9-14(10-13(12)8-11)4-6-15-7-5-14;1-2/h2-3,8,15H,4-7,9-10H2,1H3;1-2H3. The Morgan fingerprint density at radius 2 is 1.65 bits per heavy atom. The minimum Gasteiger partial charge on any atom is -0.317 e. The topological polar surface area (TPSA) is 12.0 Å². The van der Waals surface area contributed by atoms with Crippen molar-refractivity contribution in [2.45, 2.75) is 46.5 Å². The molecule has 1 spiro atoms. The molecule has 17 heavy (non-hydrogen) atoms. The Hall–Kier alpha value is -0.820. The summed E-state index contributed by atoms with van der Waals surface area (Å²) in [4.78, 5) is 0. The van der Waals surface area contributed by atoms with E-state index in [-0.39, 0.29) is 0 Å². The second-order valence-electron chi connectivity index (χ2n) is 5.38. The molecule has 1 aromatic rings. The summed E-state index contributed by atoms with van der Waals surface area (Å²) in [6.07, 6.45) is 5.37. The summed E-state index contributed by atoms with van der Waals surface area (Å²) in [7, 11) is 0. The third kappa shape index (κ3) is 2.55. The van der Waals surface area contributed by atoms with Crippen LogP contribution in [0.5, 0.6) is 0 Å². The van der Waals surface area contributed by atoms with Crippen molar-refractivity contribution in [1.82, 2.24) is 5.32 Å². The van der Waals surface area contributed by atoms with Gasteiger partial charge in [0.15, 0.2) is 0 Å². The molecule has 0 saturated carbocycles. The summed E-state index contributed by atoms with van der Waals surface area (Å²) in [5, 5.41) is 3.47. The molecule has 0 amide bonds. The third-order valence-corrected chi connectivity index (χ3v) is 4.16. The normalized spacial score (nSPS) is 20.6. The van der Waals surface area contributed by atoms with Crippen molar-refractivity contribution in [3.8, 4) is 0 Å². The van der Waals surface area contributed by atoms with Crippen molar-refractivity contribution in [3.63, 3.8) is 0 Å². The second kappa shape index (κ2) is 5.22. The molecule has 2 aliphatic rings. The zero-order valence-corrected chi connectivity index (χ0v) is 11.5. The molecule has 1 aliphatic heterocycles. The van der Waals surface area contributed by atoms with E-state index in [0.717, 1.165) is 0 Å². The van der Waals surface area contributed by atoms with Crippen LogP contribution < -0.4 is 5.32 Å². The SMILES string of the molecule is CC.Cc1ccc2c(c1)CC1(CCNCC1)C2. The van der Waals surface area contributed by atoms with Gasteiger partial charge in [0.2, 0.25) is 0 Å². The Bertz CT molecular complexity index is 375. The summed E-state index contributed by atoms with van der Waals surface area (Å²) in [5.74, 6) is 0. The Morgan fingerprint density at radius 1 is 1.00 bits per heavy atom. The van der Waals surface area contributed by atoms with Gasteiger partial charge in [-0.15, -0.1) is 0 Å². The molecule has 3 rings (SSSR count). The van der Waals surface area contributed by atoms with Crippen LogP contribution in [0.2, 0.25) is 0 Å².